The Hall–Kier alpha value is -1.24. The van der Waals surface area contributed by atoms with E-state index in [4.69, 9.17) is 0 Å². The van der Waals surface area contributed by atoms with Crippen LogP contribution in [0.2, 0.25) is 0 Å². The van der Waals surface area contributed by atoms with Gasteiger partial charge in [0.05, 0.1) is 10.8 Å². The number of carbonyl (C=O) groups is 1. The number of hydrogen-bond donors (Lipinski definition) is 0. The summed E-state index contributed by atoms with van der Waals surface area (Å²) in [4.78, 5) is 13.5. The zero-order valence-electron chi connectivity index (χ0n) is 10.3. The highest BCUT2D eigenvalue weighted by Crippen LogP contribution is 2.48. The van der Waals surface area contributed by atoms with Gasteiger partial charge in [-0.15, -0.1) is 0 Å². The van der Waals surface area contributed by atoms with Crippen molar-refractivity contribution < 1.29 is 22.4 Å². The van der Waals surface area contributed by atoms with Crippen LogP contribution in [0, 0.1) is 5.82 Å². The van der Waals surface area contributed by atoms with Crippen molar-refractivity contribution in [2.45, 2.75) is 30.3 Å². The van der Waals surface area contributed by atoms with E-state index in [9.17, 15) is 22.4 Å². The molecule has 0 saturated carbocycles. The summed E-state index contributed by atoms with van der Waals surface area (Å²) in [6.07, 6.45) is -2.99. The van der Waals surface area contributed by atoms with Crippen LogP contribution in [0.1, 0.15) is 29.2 Å². The van der Waals surface area contributed by atoms with Gasteiger partial charge < -0.3 is 4.90 Å². The number of alkyl halides is 3. The highest BCUT2D eigenvalue weighted by Gasteiger charge is 2.44. The summed E-state index contributed by atoms with van der Waals surface area (Å²) >= 11 is 0.992. The van der Waals surface area contributed by atoms with Crippen LogP contribution in [-0.2, 0) is 6.18 Å². The molecule has 2 nitrogen and oxygen atoms in total. The van der Waals surface area contributed by atoms with Gasteiger partial charge in [0.2, 0.25) is 0 Å². The highest BCUT2D eigenvalue weighted by atomic mass is 32.2. The lowest BCUT2D eigenvalue weighted by Gasteiger charge is -2.20. The quantitative estimate of drug-likeness (QED) is 0.724. The van der Waals surface area contributed by atoms with Gasteiger partial charge in [-0.25, -0.2) is 4.39 Å². The number of benzene rings is 1. The second kappa shape index (κ2) is 4.65. The van der Waals surface area contributed by atoms with Gasteiger partial charge in [0, 0.05) is 12.6 Å². The van der Waals surface area contributed by atoms with Gasteiger partial charge in [-0.1, -0.05) is 11.8 Å². The minimum atomic E-state index is -4.58. The first kappa shape index (κ1) is 13.7. The SMILES string of the molecule is O=C1S[C@H](c2cc(F)cc(C(F)(F)F)c2)C2CCCN12. The molecule has 0 bridgehead atoms. The Bertz CT molecular complexity index is 560. The summed E-state index contributed by atoms with van der Waals surface area (Å²) < 4.78 is 51.6. The highest BCUT2D eigenvalue weighted by molar-refractivity contribution is 8.14. The maximum atomic E-state index is 13.4. The summed E-state index contributed by atoms with van der Waals surface area (Å²) in [5.74, 6) is -0.917. The minimum Gasteiger partial charge on any atom is -0.329 e. The van der Waals surface area contributed by atoms with Crippen LogP contribution in [0.3, 0.4) is 0 Å². The molecule has 0 aromatic heterocycles. The molecule has 0 aliphatic carbocycles. The zero-order chi connectivity index (χ0) is 14.5. The van der Waals surface area contributed by atoms with Crippen LogP contribution < -0.4 is 0 Å². The molecular weight excluding hydrogens is 294 g/mol. The molecule has 3 rings (SSSR count). The normalized spacial score (nSPS) is 26.2. The van der Waals surface area contributed by atoms with E-state index in [0.29, 0.717) is 12.6 Å². The molecule has 0 radical (unpaired) electrons. The lowest BCUT2D eigenvalue weighted by Crippen LogP contribution is -2.27. The van der Waals surface area contributed by atoms with E-state index < -0.39 is 22.8 Å². The monoisotopic (exact) mass is 305 g/mol. The predicted molar refractivity (Wildman–Crippen MR) is 66.9 cm³/mol. The summed E-state index contributed by atoms with van der Waals surface area (Å²) in [6.45, 7) is 0.633. The van der Waals surface area contributed by atoms with Crippen molar-refractivity contribution in [3.8, 4) is 0 Å². The Morgan fingerprint density at radius 2 is 2.00 bits per heavy atom. The van der Waals surface area contributed by atoms with Crippen molar-refractivity contribution >= 4 is 17.0 Å². The van der Waals surface area contributed by atoms with E-state index in [1.165, 1.54) is 0 Å². The average molecular weight is 305 g/mol. The summed E-state index contributed by atoms with van der Waals surface area (Å²) in [6, 6.07) is 2.42. The Kier molecular flexibility index (Phi) is 3.19. The molecule has 1 aromatic rings. The van der Waals surface area contributed by atoms with Crippen LogP contribution in [0.25, 0.3) is 0 Å². The summed E-state index contributed by atoms with van der Waals surface area (Å²) in [7, 11) is 0. The smallest absolute Gasteiger partial charge is 0.329 e. The molecule has 7 heteroatoms. The van der Waals surface area contributed by atoms with Gasteiger partial charge in [-0.2, -0.15) is 13.2 Å². The summed E-state index contributed by atoms with van der Waals surface area (Å²) in [5, 5.41) is -0.544. The van der Waals surface area contributed by atoms with Gasteiger partial charge in [0.25, 0.3) is 5.24 Å². The standard InChI is InChI=1S/C13H11F4NOS/c14-9-5-7(4-8(6-9)13(15,16)17)11-10-2-1-3-18(10)12(19)20-11/h4-6,10-11H,1-3H2/t10?,11-/m1/s1. The first-order valence-corrected chi connectivity index (χ1v) is 7.09. The van der Waals surface area contributed by atoms with E-state index in [1.807, 2.05) is 0 Å². The van der Waals surface area contributed by atoms with Gasteiger partial charge in [0.15, 0.2) is 0 Å². The number of fused-ring (bicyclic) bond motifs is 1. The topological polar surface area (TPSA) is 20.3 Å². The largest absolute Gasteiger partial charge is 0.416 e. The van der Waals surface area contributed by atoms with Crippen LogP contribution in [0.5, 0.6) is 0 Å². The van der Waals surface area contributed by atoms with Gasteiger partial charge in [0.1, 0.15) is 5.82 Å². The average Bonchev–Trinajstić information content (AvgIpc) is 2.92. The van der Waals surface area contributed by atoms with Crippen LogP contribution in [-0.4, -0.2) is 22.7 Å². The fourth-order valence-corrected chi connectivity index (χ4v) is 4.11. The third kappa shape index (κ3) is 2.28. The van der Waals surface area contributed by atoms with Gasteiger partial charge in [-0.05, 0) is 36.6 Å². The lowest BCUT2D eigenvalue weighted by molar-refractivity contribution is -0.137. The number of halogens is 4. The van der Waals surface area contributed by atoms with Crippen LogP contribution in [0.4, 0.5) is 22.4 Å². The van der Waals surface area contributed by atoms with E-state index in [0.717, 1.165) is 36.7 Å². The molecule has 1 unspecified atom stereocenters. The molecule has 20 heavy (non-hydrogen) atoms. The predicted octanol–water partition coefficient (Wildman–Crippen LogP) is 4.22. The van der Waals surface area contributed by atoms with Crippen molar-refractivity contribution in [1.82, 2.24) is 4.90 Å². The Morgan fingerprint density at radius 1 is 1.25 bits per heavy atom. The van der Waals surface area contributed by atoms with Crippen molar-refractivity contribution in [1.29, 1.82) is 0 Å². The van der Waals surface area contributed by atoms with Crippen molar-refractivity contribution in [3.05, 3.63) is 35.1 Å². The number of thioether (sulfide) groups is 1. The molecule has 2 aliphatic rings. The third-order valence-electron chi connectivity index (χ3n) is 3.69. The first-order chi connectivity index (χ1) is 9.36. The molecule has 2 atom stereocenters. The fraction of sp³-hybridized carbons (Fsp3) is 0.462. The Labute approximate surface area is 117 Å². The number of carbonyl (C=O) groups excluding carboxylic acids is 1. The molecule has 2 fully saturated rings. The van der Waals surface area contributed by atoms with Crippen molar-refractivity contribution in [3.63, 3.8) is 0 Å². The fourth-order valence-electron chi connectivity index (χ4n) is 2.82. The molecule has 2 saturated heterocycles. The maximum absolute atomic E-state index is 13.4. The second-order valence-electron chi connectivity index (χ2n) is 4.98. The molecule has 1 aromatic carbocycles. The zero-order valence-corrected chi connectivity index (χ0v) is 11.1. The van der Waals surface area contributed by atoms with E-state index in [-0.39, 0.29) is 16.8 Å². The van der Waals surface area contributed by atoms with E-state index >= 15 is 0 Å². The maximum Gasteiger partial charge on any atom is 0.416 e. The Balaban J connectivity index is 1.98. The minimum absolute atomic E-state index is 0.115. The van der Waals surface area contributed by atoms with E-state index in [2.05, 4.69) is 0 Å². The van der Waals surface area contributed by atoms with Crippen molar-refractivity contribution in [2.24, 2.45) is 0 Å². The second-order valence-corrected chi connectivity index (χ2v) is 6.07. The molecule has 0 N–H and O–H groups in total. The number of hydrogen-bond acceptors (Lipinski definition) is 2. The van der Waals surface area contributed by atoms with Crippen LogP contribution >= 0.6 is 11.8 Å². The number of amides is 1. The number of rotatable bonds is 1. The van der Waals surface area contributed by atoms with Gasteiger partial charge >= 0.3 is 6.18 Å². The molecular formula is C13H11F4NOS. The van der Waals surface area contributed by atoms with E-state index in [1.54, 1.807) is 4.90 Å². The molecule has 1 amide bonds. The van der Waals surface area contributed by atoms with Crippen molar-refractivity contribution in [2.75, 3.05) is 6.54 Å². The molecule has 0 spiro atoms. The molecule has 2 aliphatic heterocycles. The molecule has 108 valence electrons. The van der Waals surface area contributed by atoms with Gasteiger partial charge in [-0.3, -0.25) is 4.79 Å². The first-order valence-electron chi connectivity index (χ1n) is 6.21. The van der Waals surface area contributed by atoms with Crippen LogP contribution in [0.15, 0.2) is 18.2 Å². The Morgan fingerprint density at radius 3 is 2.70 bits per heavy atom. The molecule has 2 heterocycles. The summed E-state index contributed by atoms with van der Waals surface area (Å²) in [5.41, 5.74) is -0.762. The third-order valence-corrected chi connectivity index (χ3v) is 4.96. The lowest BCUT2D eigenvalue weighted by atomic mass is 10.0. The number of nitrogens with zero attached hydrogens (tertiary/aromatic N) is 1.